The minimum absolute atomic E-state index is 0.0504. The molecule has 1 nitrogen and oxygen atoms in total. The summed E-state index contributed by atoms with van der Waals surface area (Å²) in [6.07, 6.45) is 0. The predicted molar refractivity (Wildman–Crippen MR) is 53.2 cm³/mol. The minimum Gasteiger partial charge on any atom is -0.396 e. The number of aliphatic hydroxyl groups excluding tert-OH is 1. The van der Waals surface area contributed by atoms with Crippen molar-refractivity contribution in [1.29, 1.82) is 0 Å². The molecule has 0 bridgehead atoms. The molecule has 96 valence electrons. The molecular weight excluding hydrogens is 263 g/mol. The standard InChI is InChI=1S/C10H9F5OS/c1-4(2-16)3-17-10-8(14)6(12)5(11)7(13)9(10)15/h4,16H,2-3H2,1H3. The second-order valence-electron chi connectivity index (χ2n) is 3.50. The minimum atomic E-state index is -2.17. The Bertz CT molecular complexity index is 395. The Morgan fingerprint density at radius 3 is 1.76 bits per heavy atom. The van der Waals surface area contributed by atoms with Gasteiger partial charge in [0.05, 0.1) is 4.90 Å². The Morgan fingerprint density at radius 1 is 0.941 bits per heavy atom. The second kappa shape index (κ2) is 5.68. The Balaban J connectivity index is 3.07. The first-order valence-electron chi connectivity index (χ1n) is 4.65. The van der Waals surface area contributed by atoms with Crippen LogP contribution in [0.15, 0.2) is 4.90 Å². The summed E-state index contributed by atoms with van der Waals surface area (Å²) in [4.78, 5) is -0.915. The van der Waals surface area contributed by atoms with Crippen molar-refractivity contribution < 1.29 is 27.1 Å². The quantitative estimate of drug-likeness (QED) is 0.393. The van der Waals surface area contributed by atoms with Crippen LogP contribution in [0.5, 0.6) is 0 Å². The number of halogens is 5. The third-order valence-electron chi connectivity index (χ3n) is 1.99. The van der Waals surface area contributed by atoms with Crippen LogP contribution in [0, 0.1) is 35.0 Å². The molecule has 0 spiro atoms. The normalized spacial score (nSPS) is 12.9. The van der Waals surface area contributed by atoms with Gasteiger partial charge in [-0.05, 0) is 5.92 Å². The van der Waals surface area contributed by atoms with Crippen molar-refractivity contribution >= 4 is 11.8 Å². The number of hydrogen-bond donors (Lipinski definition) is 1. The Labute approximate surface area is 98.6 Å². The van der Waals surface area contributed by atoms with Crippen molar-refractivity contribution in [2.75, 3.05) is 12.4 Å². The molecule has 1 unspecified atom stereocenters. The predicted octanol–water partition coefficient (Wildman–Crippen LogP) is 3.10. The Morgan fingerprint density at radius 2 is 1.35 bits per heavy atom. The van der Waals surface area contributed by atoms with Crippen LogP contribution in [-0.2, 0) is 0 Å². The number of rotatable bonds is 4. The van der Waals surface area contributed by atoms with Crippen molar-refractivity contribution in [3.63, 3.8) is 0 Å². The van der Waals surface area contributed by atoms with E-state index in [-0.39, 0.29) is 18.3 Å². The van der Waals surface area contributed by atoms with Crippen LogP contribution in [0.4, 0.5) is 22.0 Å². The van der Waals surface area contributed by atoms with E-state index in [1.165, 1.54) is 0 Å². The number of thioether (sulfide) groups is 1. The van der Waals surface area contributed by atoms with Gasteiger partial charge in [-0.15, -0.1) is 11.8 Å². The molecule has 0 aliphatic rings. The summed E-state index contributed by atoms with van der Waals surface area (Å²) in [7, 11) is 0. The van der Waals surface area contributed by atoms with E-state index >= 15 is 0 Å². The van der Waals surface area contributed by atoms with Crippen molar-refractivity contribution in [3.8, 4) is 0 Å². The van der Waals surface area contributed by atoms with Crippen LogP contribution in [0.25, 0.3) is 0 Å². The number of benzene rings is 1. The van der Waals surface area contributed by atoms with Crippen molar-refractivity contribution in [2.45, 2.75) is 11.8 Å². The molecule has 17 heavy (non-hydrogen) atoms. The summed E-state index contributed by atoms with van der Waals surface area (Å²) in [5.41, 5.74) is 0. The monoisotopic (exact) mass is 272 g/mol. The lowest BCUT2D eigenvalue weighted by molar-refractivity contribution is 0.250. The summed E-state index contributed by atoms with van der Waals surface area (Å²) in [5, 5.41) is 8.70. The van der Waals surface area contributed by atoms with Gasteiger partial charge in [0.1, 0.15) is 0 Å². The summed E-state index contributed by atoms with van der Waals surface area (Å²) in [6.45, 7) is 1.35. The number of aliphatic hydroxyl groups is 1. The molecule has 0 amide bonds. The summed E-state index contributed by atoms with van der Waals surface area (Å²) >= 11 is 0.487. The van der Waals surface area contributed by atoms with E-state index in [2.05, 4.69) is 0 Å². The summed E-state index contributed by atoms with van der Waals surface area (Å²) in [5.74, 6) is -10.0. The maximum absolute atomic E-state index is 13.2. The van der Waals surface area contributed by atoms with Crippen LogP contribution in [0.2, 0.25) is 0 Å². The molecule has 0 aliphatic heterocycles. The summed E-state index contributed by atoms with van der Waals surface area (Å²) in [6, 6.07) is 0. The molecule has 0 fully saturated rings. The molecule has 0 saturated carbocycles. The summed E-state index contributed by atoms with van der Waals surface area (Å²) < 4.78 is 64.6. The largest absolute Gasteiger partial charge is 0.396 e. The highest BCUT2D eigenvalue weighted by molar-refractivity contribution is 7.99. The van der Waals surface area contributed by atoms with Gasteiger partial charge in [-0.3, -0.25) is 0 Å². The van der Waals surface area contributed by atoms with Gasteiger partial charge in [-0.1, -0.05) is 6.92 Å². The third-order valence-corrected chi connectivity index (χ3v) is 3.38. The first-order chi connectivity index (χ1) is 7.90. The first kappa shape index (κ1) is 14.2. The highest BCUT2D eigenvalue weighted by Gasteiger charge is 2.26. The molecular formula is C10H9F5OS. The zero-order chi connectivity index (χ0) is 13.2. The lowest BCUT2D eigenvalue weighted by Crippen LogP contribution is -2.07. The average molecular weight is 272 g/mol. The lowest BCUT2D eigenvalue weighted by atomic mass is 10.2. The molecule has 0 aromatic heterocycles. The van der Waals surface area contributed by atoms with E-state index < -0.39 is 34.0 Å². The van der Waals surface area contributed by atoms with Gasteiger partial charge in [-0.2, -0.15) is 0 Å². The lowest BCUT2D eigenvalue weighted by Gasteiger charge is -2.10. The highest BCUT2D eigenvalue weighted by Crippen LogP contribution is 2.31. The van der Waals surface area contributed by atoms with Gasteiger partial charge in [0.2, 0.25) is 5.82 Å². The maximum Gasteiger partial charge on any atom is 0.200 e. The van der Waals surface area contributed by atoms with Gasteiger partial charge in [0, 0.05) is 12.4 Å². The SMILES string of the molecule is CC(CO)CSc1c(F)c(F)c(F)c(F)c1F. The fraction of sp³-hybridized carbons (Fsp3) is 0.400. The molecule has 1 rings (SSSR count). The average Bonchev–Trinajstić information content (AvgIpc) is 2.33. The van der Waals surface area contributed by atoms with Crippen LogP contribution in [0.1, 0.15) is 6.92 Å². The number of hydrogen-bond acceptors (Lipinski definition) is 2. The van der Waals surface area contributed by atoms with Gasteiger partial charge in [-0.25, -0.2) is 22.0 Å². The molecule has 0 aliphatic carbocycles. The Kier molecular flexibility index (Phi) is 4.76. The molecule has 1 N–H and O–H groups in total. The maximum atomic E-state index is 13.2. The molecule has 7 heteroatoms. The van der Waals surface area contributed by atoms with E-state index in [0.717, 1.165) is 0 Å². The molecule has 1 atom stereocenters. The van der Waals surface area contributed by atoms with Gasteiger partial charge in [0.15, 0.2) is 23.3 Å². The topological polar surface area (TPSA) is 20.2 Å². The van der Waals surface area contributed by atoms with Gasteiger partial charge < -0.3 is 5.11 Å². The first-order valence-corrected chi connectivity index (χ1v) is 5.63. The molecule has 0 radical (unpaired) electrons. The van der Waals surface area contributed by atoms with Crippen molar-refractivity contribution in [1.82, 2.24) is 0 Å². The molecule has 0 heterocycles. The Hall–Kier alpha value is -0.820. The van der Waals surface area contributed by atoms with Crippen LogP contribution in [0.3, 0.4) is 0 Å². The fourth-order valence-corrected chi connectivity index (χ4v) is 1.98. The fourth-order valence-electron chi connectivity index (χ4n) is 0.990. The van der Waals surface area contributed by atoms with Crippen LogP contribution >= 0.6 is 11.8 Å². The van der Waals surface area contributed by atoms with E-state index in [1.54, 1.807) is 6.92 Å². The van der Waals surface area contributed by atoms with Gasteiger partial charge >= 0.3 is 0 Å². The van der Waals surface area contributed by atoms with E-state index in [4.69, 9.17) is 5.11 Å². The second-order valence-corrected chi connectivity index (χ2v) is 4.53. The van der Waals surface area contributed by atoms with E-state index in [1.807, 2.05) is 0 Å². The van der Waals surface area contributed by atoms with E-state index in [0.29, 0.717) is 11.8 Å². The van der Waals surface area contributed by atoms with E-state index in [9.17, 15) is 22.0 Å². The smallest absolute Gasteiger partial charge is 0.200 e. The zero-order valence-corrected chi connectivity index (χ0v) is 9.55. The van der Waals surface area contributed by atoms with Crippen LogP contribution < -0.4 is 0 Å². The molecule has 0 saturated heterocycles. The zero-order valence-electron chi connectivity index (χ0n) is 8.74. The third kappa shape index (κ3) is 2.90. The molecule has 1 aromatic carbocycles. The highest BCUT2D eigenvalue weighted by atomic mass is 32.2. The van der Waals surface area contributed by atoms with Crippen molar-refractivity contribution in [2.24, 2.45) is 5.92 Å². The van der Waals surface area contributed by atoms with Crippen molar-refractivity contribution in [3.05, 3.63) is 29.1 Å². The van der Waals surface area contributed by atoms with Crippen LogP contribution in [-0.4, -0.2) is 17.5 Å². The molecule has 1 aromatic rings. The van der Waals surface area contributed by atoms with Gasteiger partial charge in [0.25, 0.3) is 0 Å².